The van der Waals surface area contributed by atoms with E-state index in [0.29, 0.717) is 12.1 Å². The van der Waals surface area contributed by atoms with Crippen LogP contribution in [-0.2, 0) is 16.0 Å². The molecule has 17 heavy (non-hydrogen) atoms. The van der Waals surface area contributed by atoms with Crippen molar-refractivity contribution in [1.29, 1.82) is 0 Å². The summed E-state index contributed by atoms with van der Waals surface area (Å²) in [5.74, 6) is -1.02. The zero-order chi connectivity index (χ0) is 12.8. The maximum atomic E-state index is 11.2. The van der Waals surface area contributed by atoms with Crippen LogP contribution in [0, 0.1) is 0 Å². The van der Waals surface area contributed by atoms with Gasteiger partial charge in [-0.25, -0.2) is 0 Å². The lowest BCUT2D eigenvalue weighted by molar-refractivity contribution is -0.126. The van der Waals surface area contributed by atoms with Crippen molar-refractivity contribution >= 4 is 17.4 Å². The topological polar surface area (TPSA) is 92.4 Å². The number of Topliss-reactive ketones (excluding diaryl/α,β-unsaturated/α-hetero) is 1. The quantitative estimate of drug-likeness (QED) is 0.610. The monoisotopic (exact) mass is 236 g/mol. The summed E-state index contributed by atoms with van der Waals surface area (Å²) in [4.78, 5) is 22.2. The molecule has 0 aromatic heterocycles. The summed E-state index contributed by atoms with van der Waals surface area (Å²) >= 11 is 0. The number of nitrogens with two attached hydrogens (primary N) is 1. The van der Waals surface area contributed by atoms with Gasteiger partial charge >= 0.3 is 0 Å². The molecule has 0 spiro atoms. The molecule has 5 heteroatoms. The molecule has 1 amide bonds. The van der Waals surface area contributed by atoms with Gasteiger partial charge in [-0.2, -0.15) is 0 Å². The molecule has 1 rings (SSSR count). The van der Waals surface area contributed by atoms with Crippen molar-refractivity contribution in [3.8, 4) is 0 Å². The first-order chi connectivity index (χ1) is 8.04. The number of hydrogen-bond donors (Lipinski definition) is 3. The van der Waals surface area contributed by atoms with E-state index in [1.807, 2.05) is 12.1 Å². The van der Waals surface area contributed by atoms with Crippen molar-refractivity contribution in [1.82, 2.24) is 0 Å². The van der Waals surface area contributed by atoms with E-state index < -0.39 is 11.9 Å². The highest BCUT2D eigenvalue weighted by atomic mass is 16.3. The van der Waals surface area contributed by atoms with Crippen LogP contribution in [0.2, 0.25) is 0 Å². The lowest BCUT2D eigenvalue weighted by Gasteiger charge is -2.13. The van der Waals surface area contributed by atoms with Gasteiger partial charge in [0.2, 0.25) is 5.91 Å². The highest BCUT2D eigenvalue weighted by Gasteiger charge is 2.19. The minimum Gasteiger partial charge on any atom is -0.396 e. The molecule has 5 nitrogen and oxygen atoms in total. The molecule has 1 unspecified atom stereocenters. The van der Waals surface area contributed by atoms with Crippen molar-refractivity contribution in [2.45, 2.75) is 19.4 Å². The van der Waals surface area contributed by atoms with E-state index in [9.17, 15) is 9.59 Å². The van der Waals surface area contributed by atoms with Gasteiger partial charge in [0.25, 0.3) is 0 Å². The number of carbonyl (C=O) groups is 2. The maximum Gasteiger partial charge on any atom is 0.247 e. The third kappa shape index (κ3) is 3.88. The molecule has 4 N–H and O–H groups in total. The highest BCUT2D eigenvalue weighted by molar-refractivity contribution is 6.06. The summed E-state index contributed by atoms with van der Waals surface area (Å²) in [5.41, 5.74) is 6.73. The normalized spacial score (nSPS) is 11.9. The molecule has 1 atom stereocenters. The second-order valence-corrected chi connectivity index (χ2v) is 3.76. The Hall–Kier alpha value is -1.88. The smallest absolute Gasteiger partial charge is 0.247 e. The Balaban J connectivity index is 2.73. The first-order valence-electron chi connectivity index (χ1n) is 5.30. The number of benzene rings is 1. The summed E-state index contributed by atoms with van der Waals surface area (Å²) in [5, 5.41) is 11.5. The number of rotatable bonds is 6. The zero-order valence-electron chi connectivity index (χ0n) is 9.64. The van der Waals surface area contributed by atoms with Crippen molar-refractivity contribution < 1.29 is 14.7 Å². The predicted octanol–water partition coefficient (Wildman–Crippen LogP) is 0.0762. The van der Waals surface area contributed by atoms with Crippen molar-refractivity contribution in [3.63, 3.8) is 0 Å². The highest BCUT2D eigenvalue weighted by Crippen LogP contribution is 2.11. The first kappa shape index (κ1) is 13.2. The lowest BCUT2D eigenvalue weighted by atomic mass is 10.1. The van der Waals surface area contributed by atoms with Gasteiger partial charge in [0.05, 0.1) is 0 Å². The van der Waals surface area contributed by atoms with Gasteiger partial charge in [-0.05, 0) is 31.0 Å². The van der Waals surface area contributed by atoms with Gasteiger partial charge in [-0.3, -0.25) is 9.59 Å². The number of amides is 1. The van der Waals surface area contributed by atoms with Crippen LogP contribution < -0.4 is 11.1 Å². The van der Waals surface area contributed by atoms with E-state index in [1.165, 1.54) is 6.92 Å². The van der Waals surface area contributed by atoms with Crippen molar-refractivity contribution in [2.75, 3.05) is 11.9 Å². The number of ketones is 1. The number of aliphatic hydroxyl groups is 1. The van der Waals surface area contributed by atoms with Crippen molar-refractivity contribution in [3.05, 3.63) is 29.8 Å². The standard InChI is InChI=1S/C12H16N2O3/c1-8(16)11(12(13)17)14-10-4-2-9(3-5-10)6-7-15/h2-5,11,14-15H,6-7H2,1H3,(H2,13,17). The second kappa shape index (κ2) is 6.00. The molecule has 1 aromatic rings. The van der Waals surface area contributed by atoms with Gasteiger partial charge in [0, 0.05) is 12.3 Å². The third-order valence-corrected chi connectivity index (χ3v) is 2.36. The summed E-state index contributed by atoms with van der Waals surface area (Å²) in [7, 11) is 0. The largest absolute Gasteiger partial charge is 0.396 e. The first-order valence-corrected chi connectivity index (χ1v) is 5.30. The van der Waals surface area contributed by atoms with Crippen LogP contribution in [0.1, 0.15) is 12.5 Å². The third-order valence-electron chi connectivity index (χ3n) is 2.36. The van der Waals surface area contributed by atoms with Gasteiger partial charge in [0.1, 0.15) is 0 Å². The Morgan fingerprint density at radius 1 is 1.35 bits per heavy atom. The number of nitrogens with one attached hydrogen (secondary N) is 1. The fraction of sp³-hybridized carbons (Fsp3) is 0.333. The molecular weight excluding hydrogens is 220 g/mol. The number of anilines is 1. The molecule has 0 bridgehead atoms. The Labute approximate surface area is 99.6 Å². The molecule has 0 radical (unpaired) electrons. The van der Waals surface area contributed by atoms with E-state index >= 15 is 0 Å². The average molecular weight is 236 g/mol. The van der Waals surface area contributed by atoms with Crippen LogP contribution in [-0.4, -0.2) is 29.4 Å². The Kier molecular flexibility index (Phi) is 4.66. The van der Waals surface area contributed by atoms with E-state index in [-0.39, 0.29) is 12.4 Å². The van der Waals surface area contributed by atoms with Crippen LogP contribution in [0.25, 0.3) is 0 Å². The Morgan fingerprint density at radius 2 is 1.94 bits per heavy atom. The number of aliphatic hydroxyl groups excluding tert-OH is 1. The zero-order valence-corrected chi connectivity index (χ0v) is 9.64. The van der Waals surface area contributed by atoms with Crippen LogP contribution in [0.3, 0.4) is 0 Å². The number of hydrogen-bond acceptors (Lipinski definition) is 4. The Morgan fingerprint density at radius 3 is 2.35 bits per heavy atom. The fourth-order valence-electron chi connectivity index (χ4n) is 1.44. The van der Waals surface area contributed by atoms with E-state index in [4.69, 9.17) is 10.8 Å². The molecule has 0 aliphatic carbocycles. The van der Waals surface area contributed by atoms with Crippen LogP contribution in [0.15, 0.2) is 24.3 Å². The van der Waals surface area contributed by atoms with Gasteiger partial charge in [-0.15, -0.1) is 0 Å². The summed E-state index contributed by atoms with van der Waals surface area (Å²) in [6.07, 6.45) is 0.576. The molecule has 1 aromatic carbocycles. The SMILES string of the molecule is CC(=O)C(Nc1ccc(CCO)cc1)C(N)=O. The van der Waals surface area contributed by atoms with E-state index in [1.54, 1.807) is 12.1 Å². The summed E-state index contributed by atoms with van der Waals surface area (Å²) in [6, 6.07) is 6.11. The minimum atomic E-state index is -1.00. The fourth-order valence-corrected chi connectivity index (χ4v) is 1.44. The molecule has 0 heterocycles. The molecule has 0 aliphatic rings. The average Bonchev–Trinajstić information content (AvgIpc) is 2.27. The maximum absolute atomic E-state index is 11.2. The Bertz CT molecular complexity index is 387. The molecular formula is C12H16N2O3. The molecule has 0 aliphatic heterocycles. The number of carbonyl (C=O) groups excluding carboxylic acids is 2. The molecule has 0 fully saturated rings. The van der Waals surface area contributed by atoms with Crippen LogP contribution >= 0.6 is 0 Å². The minimum absolute atomic E-state index is 0.0874. The number of primary amides is 1. The van der Waals surface area contributed by atoms with Gasteiger partial charge < -0.3 is 16.2 Å². The van der Waals surface area contributed by atoms with Crippen LogP contribution in [0.4, 0.5) is 5.69 Å². The summed E-state index contributed by atoms with van der Waals surface area (Å²) < 4.78 is 0. The van der Waals surface area contributed by atoms with Crippen molar-refractivity contribution in [2.24, 2.45) is 5.73 Å². The van der Waals surface area contributed by atoms with Gasteiger partial charge in [0.15, 0.2) is 11.8 Å². The van der Waals surface area contributed by atoms with E-state index in [2.05, 4.69) is 5.32 Å². The second-order valence-electron chi connectivity index (χ2n) is 3.76. The molecule has 0 saturated carbocycles. The predicted molar refractivity (Wildman–Crippen MR) is 64.5 cm³/mol. The van der Waals surface area contributed by atoms with Gasteiger partial charge in [-0.1, -0.05) is 12.1 Å². The lowest BCUT2D eigenvalue weighted by Crippen LogP contribution is -2.40. The summed E-state index contributed by atoms with van der Waals surface area (Å²) in [6.45, 7) is 1.40. The molecule has 92 valence electrons. The molecule has 0 saturated heterocycles. The van der Waals surface area contributed by atoms with E-state index in [0.717, 1.165) is 5.56 Å². The van der Waals surface area contributed by atoms with Crippen LogP contribution in [0.5, 0.6) is 0 Å².